The molecule has 0 aliphatic heterocycles. The normalized spacial score (nSPS) is 10.4. The van der Waals surface area contributed by atoms with Crippen LogP contribution in [0, 0.1) is 0 Å². The van der Waals surface area contributed by atoms with E-state index >= 15 is 0 Å². The Balaban J connectivity index is 0.00000192. The summed E-state index contributed by atoms with van der Waals surface area (Å²) in [4.78, 5) is 11.4. The van der Waals surface area contributed by atoms with E-state index in [1.54, 1.807) is 5.80 Å². The number of benzene rings is 3. The van der Waals surface area contributed by atoms with Gasteiger partial charge in [-0.1, -0.05) is 97.9 Å². The van der Waals surface area contributed by atoms with Crippen LogP contribution in [0.15, 0.2) is 91.0 Å². The Morgan fingerprint density at radius 3 is 1.17 bits per heavy atom. The first kappa shape index (κ1) is 18.1. The summed E-state index contributed by atoms with van der Waals surface area (Å²) in [6.07, 6.45) is 2.08. The molecule has 3 aromatic carbocycles. The largest absolute Gasteiger partial charge is 0.538 e. The van der Waals surface area contributed by atoms with Crippen LogP contribution in [0.3, 0.4) is 0 Å². The molecule has 0 aliphatic carbocycles. The van der Waals surface area contributed by atoms with Gasteiger partial charge in [0.05, 0.1) is 0 Å². The van der Waals surface area contributed by atoms with Gasteiger partial charge in [-0.15, -0.1) is 0 Å². The third-order valence-corrected chi connectivity index (χ3v) is 7.57. The summed E-state index contributed by atoms with van der Waals surface area (Å²) in [5.41, 5.74) is 0. The number of carbonyl (C=O) groups excluding carboxylic acids is 1. The Bertz CT molecular complexity index is 695. The molecule has 1 radical (unpaired) electrons. The van der Waals surface area contributed by atoms with Crippen LogP contribution < -0.4 is 15.9 Å². The molecule has 0 heterocycles. The van der Waals surface area contributed by atoms with Crippen molar-refractivity contribution in [3.63, 3.8) is 0 Å². The number of rotatable bonds is 4. The molecule has 3 rings (SSSR count). The zero-order valence-corrected chi connectivity index (χ0v) is 16.4. The van der Waals surface area contributed by atoms with Gasteiger partial charge in [0.1, 0.15) is 0 Å². The minimum absolute atomic E-state index is 0. The van der Waals surface area contributed by atoms with E-state index in [-0.39, 0.29) is 32.7 Å². The second kappa shape index (κ2) is 8.55. The Hall–Kier alpha value is -1.27. The van der Waals surface area contributed by atoms with Crippen molar-refractivity contribution in [3.05, 3.63) is 91.0 Å². The van der Waals surface area contributed by atoms with Crippen LogP contribution in [0.4, 0.5) is 0 Å². The van der Waals surface area contributed by atoms with E-state index in [0.29, 0.717) is 0 Å². The maximum atomic E-state index is 11.4. The Morgan fingerprint density at radius 1 is 0.609 bits per heavy atom. The quantitative estimate of drug-likeness (QED) is 0.493. The maximum Gasteiger partial charge on any atom is 0 e. The summed E-state index contributed by atoms with van der Waals surface area (Å²) in [7, 11) is 0. The fourth-order valence-corrected chi connectivity index (χ4v) is 6.17. The van der Waals surface area contributed by atoms with E-state index in [0.717, 1.165) is 15.9 Å². The predicted molar refractivity (Wildman–Crippen MR) is 96.9 cm³/mol. The van der Waals surface area contributed by atoms with Crippen molar-refractivity contribution in [2.45, 2.75) is 0 Å². The fourth-order valence-electron chi connectivity index (χ4n) is 2.74. The van der Waals surface area contributed by atoms with Crippen LogP contribution >= 0.6 is 6.89 Å². The molecule has 0 aromatic heterocycles. The summed E-state index contributed by atoms with van der Waals surface area (Å²) in [6, 6.07) is 30.7. The zero-order chi connectivity index (χ0) is 15.3. The van der Waals surface area contributed by atoms with E-state index in [4.69, 9.17) is 0 Å². The average molecular weight is 392 g/mol. The van der Waals surface area contributed by atoms with Crippen LogP contribution in [-0.4, -0.2) is 12.1 Å². The van der Waals surface area contributed by atoms with Crippen LogP contribution in [0.25, 0.3) is 0 Å². The molecule has 0 atom stereocenters. The first-order chi connectivity index (χ1) is 10.9. The molecule has 0 bridgehead atoms. The van der Waals surface area contributed by atoms with Crippen LogP contribution in [0.5, 0.6) is 0 Å². The molecule has 0 fully saturated rings. The Morgan fingerprint density at radius 2 is 0.913 bits per heavy atom. The molecule has 1 nitrogen and oxygen atoms in total. The zero-order valence-electron chi connectivity index (χ0n) is 12.7. The van der Waals surface area contributed by atoms with E-state index in [1.165, 1.54) is 0 Å². The SMILES string of the molecule is O=[C-]C=P(c1ccccc1)(c1ccccc1)c1ccccc1.[Y]. The van der Waals surface area contributed by atoms with Gasteiger partial charge in [-0.3, -0.25) is 0 Å². The summed E-state index contributed by atoms with van der Waals surface area (Å²) in [5, 5.41) is 3.49. The van der Waals surface area contributed by atoms with Gasteiger partial charge in [0.25, 0.3) is 0 Å². The molecule has 3 aromatic rings. The average Bonchev–Trinajstić information content (AvgIpc) is 2.62. The van der Waals surface area contributed by atoms with Gasteiger partial charge in [-0.05, 0) is 15.9 Å². The third kappa shape index (κ3) is 3.64. The molecule has 0 spiro atoms. The molecule has 0 amide bonds. The smallest absolute Gasteiger partial charge is 0 e. The molecular weight excluding hydrogens is 376 g/mol. The molecule has 23 heavy (non-hydrogen) atoms. The van der Waals surface area contributed by atoms with Gasteiger partial charge in [0, 0.05) is 32.7 Å². The Labute approximate surface area is 162 Å². The first-order valence-electron chi connectivity index (χ1n) is 7.15. The monoisotopic (exact) mass is 392 g/mol. The second-order valence-electron chi connectivity index (χ2n) is 4.98. The van der Waals surface area contributed by atoms with Crippen LogP contribution in [0.1, 0.15) is 0 Å². The van der Waals surface area contributed by atoms with E-state index in [1.807, 2.05) is 54.6 Å². The van der Waals surface area contributed by atoms with Crippen molar-refractivity contribution in [2.24, 2.45) is 0 Å². The molecule has 0 unspecified atom stereocenters. The molecule has 111 valence electrons. The molecular formula is C20H16OPY-. The van der Waals surface area contributed by atoms with Gasteiger partial charge in [-0.2, -0.15) is 5.80 Å². The van der Waals surface area contributed by atoms with E-state index in [9.17, 15) is 4.79 Å². The predicted octanol–water partition coefficient (Wildman–Crippen LogP) is 2.89. The maximum absolute atomic E-state index is 11.4. The van der Waals surface area contributed by atoms with Gasteiger partial charge in [0.15, 0.2) is 0 Å². The standard InChI is InChI=1S/C20H16OP.Y/c21-16-17-22(18-10-4-1-5-11-18,19-12-6-2-7-13-19)20-14-8-3-9-15-20;/h1-15,17H;/q-1;. The Kier molecular flexibility index (Phi) is 6.72. The topological polar surface area (TPSA) is 17.1 Å². The molecule has 0 saturated carbocycles. The minimum Gasteiger partial charge on any atom is -0.538 e. The van der Waals surface area contributed by atoms with Crippen molar-refractivity contribution >= 4 is 34.9 Å². The van der Waals surface area contributed by atoms with Gasteiger partial charge in [0.2, 0.25) is 0 Å². The first-order valence-corrected chi connectivity index (χ1v) is 9.01. The summed E-state index contributed by atoms with van der Waals surface area (Å²) >= 11 is 0. The van der Waals surface area contributed by atoms with Crippen molar-refractivity contribution in [1.29, 1.82) is 0 Å². The third-order valence-electron chi connectivity index (χ3n) is 3.74. The number of hydrogen-bond donors (Lipinski definition) is 0. The fraction of sp³-hybridized carbons (Fsp3) is 0. The second-order valence-corrected chi connectivity index (χ2v) is 8.23. The van der Waals surface area contributed by atoms with Crippen LogP contribution in [0.2, 0.25) is 0 Å². The van der Waals surface area contributed by atoms with Crippen molar-refractivity contribution < 1.29 is 37.5 Å². The van der Waals surface area contributed by atoms with Crippen molar-refractivity contribution in [3.8, 4) is 0 Å². The van der Waals surface area contributed by atoms with E-state index < -0.39 is 6.89 Å². The van der Waals surface area contributed by atoms with Crippen molar-refractivity contribution in [2.75, 3.05) is 0 Å². The minimum atomic E-state index is -2.10. The van der Waals surface area contributed by atoms with Gasteiger partial charge >= 0.3 is 0 Å². The van der Waals surface area contributed by atoms with Gasteiger partial charge in [-0.25, -0.2) is 6.29 Å². The molecule has 0 aliphatic rings. The summed E-state index contributed by atoms with van der Waals surface area (Å²) in [5.74, 6) is 1.73. The van der Waals surface area contributed by atoms with Crippen LogP contribution in [-0.2, 0) is 37.5 Å². The molecule has 0 N–H and O–H groups in total. The molecule has 3 heteroatoms. The number of hydrogen-bond acceptors (Lipinski definition) is 1. The summed E-state index contributed by atoms with van der Waals surface area (Å²) < 4.78 is 0. The summed E-state index contributed by atoms with van der Waals surface area (Å²) in [6.45, 7) is -2.10. The molecule has 0 saturated heterocycles. The van der Waals surface area contributed by atoms with Crippen molar-refractivity contribution in [1.82, 2.24) is 0 Å². The van der Waals surface area contributed by atoms with Gasteiger partial charge < -0.3 is 4.79 Å². The van der Waals surface area contributed by atoms with E-state index in [2.05, 4.69) is 42.7 Å².